The Balaban J connectivity index is 1.71. The quantitative estimate of drug-likeness (QED) is 0.826. The van der Waals surface area contributed by atoms with Gasteiger partial charge in [-0.25, -0.2) is 4.98 Å². The predicted octanol–water partition coefficient (Wildman–Crippen LogP) is 1.18. The highest BCUT2D eigenvalue weighted by atomic mass is 16.6. The fourth-order valence-corrected chi connectivity index (χ4v) is 2.91. The maximum Gasteiger partial charge on any atom is 0.323 e. The molecule has 7 heteroatoms. The summed E-state index contributed by atoms with van der Waals surface area (Å²) in [5, 5.41) is 7.27. The second-order valence-electron chi connectivity index (χ2n) is 7.15. The third kappa shape index (κ3) is 3.01. The predicted molar refractivity (Wildman–Crippen MR) is 79.3 cm³/mol. The van der Waals surface area contributed by atoms with Crippen molar-refractivity contribution in [1.29, 1.82) is 0 Å². The molecule has 2 fully saturated rings. The second-order valence-corrected chi connectivity index (χ2v) is 7.15. The molecule has 2 saturated heterocycles. The number of esters is 1. The van der Waals surface area contributed by atoms with E-state index in [0.29, 0.717) is 13.2 Å². The lowest BCUT2D eigenvalue weighted by atomic mass is 9.96. The molecule has 22 heavy (non-hydrogen) atoms. The molecular formula is C15H24N4O3. The summed E-state index contributed by atoms with van der Waals surface area (Å²) in [7, 11) is 0. The average molecular weight is 308 g/mol. The van der Waals surface area contributed by atoms with Crippen molar-refractivity contribution in [1.82, 2.24) is 20.1 Å². The minimum atomic E-state index is -0.180. The molecule has 7 nitrogen and oxygen atoms in total. The first-order valence-corrected chi connectivity index (χ1v) is 7.83. The molecule has 0 unspecified atom stereocenters. The lowest BCUT2D eigenvalue weighted by Gasteiger charge is -2.34. The van der Waals surface area contributed by atoms with Gasteiger partial charge in [0, 0.05) is 24.9 Å². The molecule has 0 radical (unpaired) electrons. The maximum atomic E-state index is 11.9. The Morgan fingerprint density at radius 3 is 2.73 bits per heavy atom. The molecule has 0 aromatic carbocycles. The summed E-state index contributed by atoms with van der Waals surface area (Å²) in [5.41, 5.74) is -0.103. The number of aromatic nitrogens is 3. The topological polar surface area (TPSA) is 80.3 Å². The lowest BCUT2D eigenvalue weighted by Crippen LogP contribution is -2.46. The summed E-state index contributed by atoms with van der Waals surface area (Å²) < 4.78 is 11.1. The van der Waals surface area contributed by atoms with Crippen LogP contribution in [0.25, 0.3) is 0 Å². The van der Waals surface area contributed by atoms with E-state index in [1.165, 1.54) is 0 Å². The Morgan fingerprint density at radius 2 is 2.14 bits per heavy atom. The Labute approximate surface area is 130 Å². The van der Waals surface area contributed by atoms with Gasteiger partial charge in [0.05, 0.1) is 6.61 Å². The molecule has 1 N–H and O–H groups in total. The molecule has 0 aliphatic carbocycles. The summed E-state index contributed by atoms with van der Waals surface area (Å²) in [6.45, 7) is 10.1. The van der Waals surface area contributed by atoms with E-state index in [4.69, 9.17) is 9.47 Å². The molecule has 0 spiro atoms. The van der Waals surface area contributed by atoms with Crippen LogP contribution in [0, 0.1) is 0 Å². The first kappa shape index (κ1) is 15.4. The van der Waals surface area contributed by atoms with Crippen molar-refractivity contribution in [2.75, 3.05) is 19.7 Å². The number of rotatable bonds is 2. The minimum Gasteiger partial charge on any atom is -0.461 e. The highest BCUT2D eigenvalue weighted by molar-refractivity contribution is 5.78. The van der Waals surface area contributed by atoms with Crippen molar-refractivity contribution in [3.8, 4) is 0 Å². The SMILES string of the molecule is C[C@@H]1C[C@@H](N2CCO[C@@H](c3nc(C(C)(C)C)n[nH]3)C2)C(=O)O1. The Bertz CT molecular complexity index is 551. The molecule has 0 bridgehead atoms. The fraction of sp³-hybridized carbons (Fsp3) is 0.800. The zero-order valence-corrected chi connectivity index (χ0v) is 13.6. The summed E-state index contributed by atoms with van der Waals surface area (Å²) >= 11 is 0. The molecule has 3 heterocycles. The standard InChI is InChI=1S/C15H24N4O3/c1-9-7-10(13(20)22-9)19-5-6-21-11(8-19)12-16-14(18-17-12)15(2,3)4/h9-11H,5-8H2,1-4H3,(H,16,17,18)/t9-,10-,11-/m1/s1. The van der Waals surface area contributed by atoms with Gasteiger partial charge in [-0.05, 0) is 6.92 Å². The number of carbonyl (C=O) groups is 1. The van der Waals surface area contributed by atoms with Gasteiger partial charge in [0.15, 0.2) is 11.6 Å². The molecule has 0 saturated carbocycles. The van der Waals surface area contributed by atoms with Crippen molar-refractivity contribution < 1.29 is 14.3 Å². The molecule has 3 rings (SSSR count). The van der Waals surface area contributed by atoms with Gasteiger partial charge in [0.1, 0.15) is 18.2 Å². The van der Waals surface area contributed by atoms with Crippen LogP contribution in [0.5, 0.6) is 0 Å². The Kier molecular flexibility index (Phi) is 3.94. The number of hydrogen-bond acceptors (Lipinski definition) is 6. The van der Waals surface area contributed by atoms with Crippen molar-refractivity contribution in [2.45, 2.75) is 57.8 Å². The smallest absolute Gasteiger partial charge is 0.323 e. The van der Waals surface area contributed by atoms with Crippen molar-refractivity contribution >= 4 is 5.97 Å². The number of cyclic esters (lactones) is 1. The zero-order valence-electron chi connectivity index (χ0n) is 13.6. The van der Waals surface area contributed by atoms with E-state index in [9.17, 15) is 4.79 Å². The van der Waals surface area contributed by atoms with E-state index < -0.39 is 0 Å². The summed E-state index contributed by atoms with van der Waals surface area (Å²) in [5.74, 6) is 1.38. The zero-order chi connectivity index (χ0) is 15.9. The second kappa shape index (κ2) is 5.62. The van der Waals surface area contributed by atoms with Gasteiger partial charge in [0.25, 0.3) is 0 Å². The number of carbonyl (C=O) groups excluding carboxylic acids is 1. The third-order valence-electron chi connectivity index (χ3n) is 4.16. The molecule has 0 amide bonds. The van der Waals surface area contributed by atoms with Crippen LogP contribution in [0.4, 0.5) is 0 Å². The van der Waals surface area contributed by atoms with Crippen molar-refractivity contribution in [3.63, 3.8) is 0 Å². The molecular weight excluding hydrogens is 284 g/mol. The van der Waals surface area contributed by atoms with Gasteiger partial charge in [-0.3, -0.25) is 14.8 Å². The largest absolute Gasteiger partial charge is 0.461 e. The van der Waals surface area contributed by atoms with Crippen molar-refractivity contribution in [3.05, 3.63) is 11.6 Å². The first-order chi connectivity index (χ1) is 10.3. The van der Waals surface area contributed by atoms with Gasteiger partial charge in [-0.2, -0.15) is 5.10 Å². The van der Waals surface area contributed by atoms with E-state index in [2.05, 4.69) is 40.9 Å². The van der Waals surface area contributed by atoms with Crippen LogP contribution in [0.1, 0.15) is 51.9 Å². The monoisotopic (exact) mass is 308 g/mol. The number of H-pyrrole nitrogens is 1. The summed E-state index contributed by atoms with van der Waals surface area (Å²) in [4.78, 5) is 18.6. The van der Waals surface area contributed by atoms with Crippen molar-refractivity contribution in [2.24, 2.45) is 0 Å². The van der Waals surface area contributed by atoms with Crippen LogP contribution < -0.4 is 0 Å². The maximum absolute atomic E-state index is 11.9. The number of morpholine rings is 1. The van der Waals surface area contributed by atoms with Crippen LogP contribution in [0.3, 0.4) is 0 Å². The average Bonchev–Trinajstić information content (AvgIpc) is 3.05. The fourth-order valence-electron chi connectivity index (χ4n) is 2.91. The normalized spacial score (nSPS) is 30.5. The Morgan fingerprint density at radius 1 is 1.36 bits per heavy atom. The highest BCUT2D eigenvalue weighted by Gasteiger charge is 2.39. The van der Waals surface area contributed by atoms with Gasteiger partial charge in [-0.15, -0.1) is 0 Å². The number of aromatic amines is 1. The number of hydrogen-bond donors (Lipinski definition) is 1. The molecule has 3 atom stereocenters. The molecule has 2 aliphatic rings. The van der Waals surface area contributed by atoms with E-state index in [1.54, 1.807) is 0 Å². The third-order valence-corrected chi connectivity index (χ3v) is 4.16. The van der Waals surface area contributed by atoms with Crippen LogP contribution in [0.2, 0.25) is 0 Å². The minimum absolute atomic E-state index is 0.00318. The van der Waals surface area contributed by atoms with Gasteiger partial charge < -0.3 is 9.47 Å². The van der Waals surface area contributed by atoms with Gasteiger partial charge in [-0.1, -0.05) is 20.8 Å². The summed E-state index contributed by atoms with van der Waals surface area (Å²) in [6, 6.07) is -0.161. The highest BCUT2D eigenvalue weighted by Crippen LogP contribution is 2.27. The van der Waals surface area contributed by atoms with Crippen LogP contribution in [0.15, 0.2) is 0 Å². The number of nitrogens with zero attached hydrogens (tertiary/aromatic N) is 3. The summed E-state index contributed by atoms with van der Waals surface area (Å²) in [6.07, 6.45) is 0.562. The van der Waals surface area contributed by atoms with E-state index in [1.807, 2.05) is 6.92 Å². The molecule has 1 aromatic heterocycles. The van der Waals surface area contributed by atoms with E-state index >= 15 is 0 Å². The molecule has 1 aromatic rings. The van der Waals surface area contributed by atoms with Crippen LogP contribution in [-0.4, -0.2) is 57.9 Å². The van der Waals surface area contributed by atoms with Gasteiger partial charge in [0.2, 0.25) is 0 Å². The number of nitrogens with one attached hydrogen (secondary N) is 1. The van der Waals surface area contributed by atoms with Crippen LogP contribution >= 0.6 is 0 Å². The first-order valence-electron chi connectivity index (χ1n) is 7.83. The van der Waals surface area contributed by atoms with Gasteiger partial charge >= 0.3 is 5.97 Å². The van der Waals surface area contributed by atoms with E-state index in [-0.39, 0.29) is 29.6 Å². The lowest BCUT2D eigenvalue weighted by molar-refractivity contribution is -0.147. The molecule has 122 valence electrons. The van der Waals surface area contributed by atoms with E-state index in [0.717, 1.165) is 24.6 Å². The molecule has 2 aliphatic heterocycles. The number of ether oxygens (including phenoxy) is 2. The van der Waals surface area contributed by atoms with Crippen LogP contribution in [-0.2, 0) is 19.7 Å². The Hall–Kier alpha value is -1.47.